The minimum atomic E-state index is -2.96. The Labute approximate surface area is 86.9 Å². The van der Waals surface area contributed by atoms with Gasteiger partial charge in [-0.1, -0.05) is 22.6 Å². The van der Waals surface area contributed by atoms with Crippen LogP contribution in [0.2, 0.25) is 0 Å². The van der Waals surface area contributed by atoms with E-state index in [1.165, 1.54) is 6.26 Å². The predicted molar refractivity (Wildman–Crippen MR) is 56.2 cm³/mol. The zero-order chi connectivity index (χ0) is 9.19. The lowest BCUT2D eigenvalue weighted by molar-refractivity contribution is 0.0988. The monoisotopic (exact) mass is 304 g/mol. The van der Waals surface area contributed by atoms with Gasteiger partial charge < -0.3 is 4.74 Å². The average molecular weight is 304 g/mol. The topological polar surface area (TPSA) is 43.4 Å². The van der Waals surface area contributed by atoms with Crippen LogP contribution < -0.4 is 0 Å². The van der Waals surface area contributed by atoms with Gasteiger partial charge in [0.1, 0.15) is 5.94 Å². The van der Waals surface area contributed by atoms with Crippen molar-refractivity contribution >= 4 is 32.4 Å². The van der Waals surface area contributed by atoms with E-state index >= 15 is 0 Å². The normalized spacial score (nSPS) is 30.8. The van der Waals surface area contributed by atoms with Crippen molar-refractivity contribution < 1.29 is 13.2 Å². The molecule has 0 N–H and O–H groups in total. The van der Waals surface area contributed by atoms with Crippen molar-refractivity contribution in [3.05, 3.63) is 0 Å². The van der Waals surface area contributed by atoms with E-state index in [2.05, 4.69) is 22.6 Å². The molecule has 1 fully saturated rings. The minimum Gasteiger partial charge on any atom is -0.361 e. The summed E-state index contributed by atoms with van der Waals surface area (Å²) in [5.74, 6) is -0.128. The van der Waals surface area contributed by atoms with Crippen molar-refractivity contribution in [2.45, 2.75) is 29.3 Å². The lowest BCUT2D eigenvalue weighted by atomic mass is 10.3. The van der Waals surface area contributed by atoms with Crippen molar-refractivity contribution in [3.63, 3.8) is 0 Å². The van der Waals surface area contributed by atoms with Gasteiger partial charge in [0, 0.05) is 10.2 Å². The minimum absolute atomic E-state index is 0.128. The third-order valence-corrected chi connectivity index (χ3v) is 3.86. The second kappa shape index (κ2) is 4.23. The van der Waals surface area contributed by atoms with Gasteiger partial charge in [0.25, 0.3) is 0 Å². The Morgan fingerprint density at radius 2 is 2.17 bits per heavy atom. The molecule has 0 amide bonds. The molecule has 0 heterocycles. The van der Waals surface area contributed by atoms with E-state index in [1.54, 1.807) is 0 Å². The fourth-order valence-corrected chi connectivity index (χ4v) is 2.71. The number of rotatable bonds is 3. The van der Waals surface area contributed by atoms with Crippen LogP contribution in [0, 0.1) is 0 Å². The highest BCUT2D eigenvalue weighted by Gasteiger charge is 2.26. The van der Waals surface area contributed by atoms with Crippen LogP contribution in [0.3, 0.4) is 0 Å². The van der Waals surface area contributed by atoms with Crippen LogP contribution in [0.25, 0.3) is 0 Å². The van der Waals surface area contributed by atoms with Crippen LogP contribution in [0.1, 0.15) is 19.3 Å². The number of sulfone groups is 1. The van der Waals surface area contributed by atoms with Crippen LogP contribution >= 0.6 is 22.6 Å². The van der Waals surface area contributed by atoms with Gasteiger partial charge >= 0.3 is 0 Å². The van der Waals surface area contributed by atoms with E-state index in [9.17, 15) is 8.42 Å². The summed E-state index contributed by atoms with van der Waals surface area (Å²) >= 11 is 2.33. The Morgan fingerprint density at radius 3 is 2.58 bits per heavy atom. The third-order valence-electron chi connectivity index (χ3n) is 1.87. The molecule has 0 radical (unpaired) electrons. The van der Waals surface area contributed by atoms with E-state index in [0.29, 0.717) is 3.92 Å². The van der Waals surface area contributed by atoms with Crippen LogP contribution in [-0.2, 0) is 14.6 Å². The number of alkyl halides is 1. The largest absolute Gasteiger partial charge is 0.361 e. The molecular formula is C7H13IO3S. The molecule has 0 aromatic carbocycles. The predicted octanol–water partition coefficient (Wildman–Crippen LogP) is 1.36. The first-order valence-corrected chi connectivity index (χ1v) is 7.23. The summed E-state index contributed by atoms with van der Waals surface area (Å²) in [5.41, 5.74) is 0. The highest BCUT2D eigenvalue weighted by atomic mass is 127. The third kappa shape index (κ3) is 3.57. The molecule has 1 rings (SSSR count). The first-order valence-electron chi connectivity index (χ1n) is 3.92. The summed E-state index contributed by atoms with van der Waals surface area (Å²) in [6.45, 7) is 0. The SMILES string of the molecule is CS(=O)(=O)CO[C@@H]1CCC[C@H]1I. The molecular weight excluding hydrogens is 291 g/mol. The first kappa shape index (κ1) is 10.7. The lowest BCUT2D eigenvalue weighted by Crippen LogP contribution is -2.21. The maximum Gasteiger partial charge on any atom is 0.171 e. The second-order valence-corrected chi connectivity index (χ2v) is 6.88. The maximum absolute atomic E-state index is 10.8. The number of ether oxygens (including phenoxy) is 1. The highest BCUT2D eigenvalue weighted by molar-refractivity contribution is 14.1. The van der Waals surface area contributed by atoms with Gasteiger partial charge in [-0.15, -0.1) is 0 Å². The molecule has 0 aromatic rings. The summed E-state index contributed by atoms with van der Waals surface area (Å²) in [5, 5.41) is 0. The second-order valence-electron chi connectivity index (χ2n) is 3.20. The summed E-state index contributed by atoms with van der Waals surface area (Å²) in [7, 11) is -2.96. The van der Waals surface area contributed by atoms with Gasteiger partial charge in [-0.3, -0.25) is 0 Å². The molecule has 1 aliphatic rings. The Bertz CT molecular complexity index is 237. The van der Waals surface area contributed by atoms with Gasteiger partial charge in [0.15, 0.2) is 9.84 Å². The summed E-state index contributed by atoms with van der Waals surface area (Å²) in [6, 6.07) is 0. The number of hydrogen-bond acceptors (Lipinski definition) is 3. The Morgan fingerprint density at radius 1 is 1.50 bits per heavy atom. The molecule has 0 spiro atoms. The fourth-order valence-electron chi connectivity index (χ4n) is 1.28. The fraction of sp³-hybridized carbons (Fsp3) is 1.00. The number of halogens is 1. The molecule has 0 unspecified atom stereocenters. The van der Waals surface area contributed by atoms with E-state index < -0.39 is 9.84 Å². The summed E-state index contributed by atoms with van der Waals surface area (Å²) < 4.78 is 27.3. The molecule has 1 saturated carbocycles. The quantitative estimate of drug-likeness (QED) is 0.584. The molecule has 0 aromatic heterocycles. The van der Waals surface area contributed by atoms with Crippen LogP contribution in [0.4, 0.5) is 0 Å². The van der Waals surface area contributed by atoms with E-state index in [4.69, 9.17) is 4.74 Å². The Hall–Kier alpha value is 0.640. The smallest absolute Gasteiger partial charge is 0.171 e. The van der Waals surface area contributed by atoms with Gasteiger partial charge in [-0.2, -0.15) is 0 Å². The molecule has 1 aliphatic carbocycles. The molecule has 2 atom stereocenters. The standard InChI is InChI=1S/C7H13IO3S/c1-12(9,10)5-11-7-4-2-3-6(7)8/h6-7H,2-5H2,1H3/t6-,7-/m1/s1. The molecule has 3 nitrogen and oxygen atoms in total. The van der Waals surface area contributed by atoms with Gasteiger partial charge in [-0.25, -0.2) is 8.42 Å². The molecule has 5 heteroatoms. The number of hydrogen-bond donors (Lipinski definition) is 0. The first-order chi connectivity index (χ1) is 5.49. The van der Waals surface area contributed by atoms with Gasteiger partial charge in [0.2, 0.25) is 0 Å². The molecule has 0 bridgehead atoms. The maximum atomic E-state index is 10.8. The van der Waals surface area contributed by atoms with E-state index in [-0.39, 0.29) is 12.0 Å². The molecule has 0 saturated heterocycles. The summed E-state index contributed by atoms with van der Waals surface area (Å²) in [6.07, 6.45) is 4.66. The average Bonchev–Trinajstić information content (AvgIpc) is 2.29. The Kier molecular flexibility index (Phi) is 3.78. The molecule has 0 aliphatic heterocycles. The van der Waals surface area contributed by atoms with E-state index in [1.807, 2.05) is 0 Å². The zero-order valence-electron chi connectivity index (χ0n) is 6.99. The van der Waals surface area contributed by atoms with E-state index in [0.717, 1.165) is 19.3 Å². The zero-order valence-corrected chi connectivity index (χ0v) is 9.97. The van der Waals surface area contributed by atoms with Crippen molar-refractivity contribution in [2.75, 3.05) is 12.2 Å². The summed E-state index contributed by atoms with van der Waals surface area (Å²) in [4.78, 5) is 0. The Balaban J connectivity index is 2.32. The highest BCUT2D eigenvalue weighted by Crippen LogP contribution is 2.28. The van der Waals surface area contributed by atoms with Crippen LogP contribution in [-0.4, -0.2) is 30.6 Å². The van der Waals surface area contributed by atoms with Crippen molar-refractivity contribution in [2.24, 2.45) is 0 Å². The van der Waals surface area contributed by atoms with Crippen molar-refractivity contribution in [1.29, 1.82) is 0 Å². The van der Waals surface area contributed by atoms with Crippen molar-refractivity contribution in [1.82, 2.24) is 0 Å². The van der Waals surface area contributed by atoms with Crippen LogP contribution in [0.15, 0.2) is 0 Å². The van der Waals surface area contributed by atoms with Gasteiger partial charge in [-0.05, 0) is 19.3 Å². The molecule has 12 heavy (non-hydrogen) atoms. The van der Waals surface area contributed by atoms with Crippen LogP contribution in [0.5, 0.6) is 0 Å². The van der Waals surface area contributed by atoms with Gasteiger partial charge in [0.05, 0.1) is 6.10 Å². The molecule has 72 valence electrons. The lowest BCUT2D eigenvalue weighted by Gasteiger charge is -2.13. The van der Waals surface area contributed by atoms with Crippen molar-refractivity contribution in [3.8, 4) is 0 Å².